The summed E-state index contributed by atoms with van der Waals surface area (Å²) < 4.78 is 26.8. The number of amides is 2. The van der Waals surface area contributed by atoms with E-state index in [9.17, 15) is 18.4 Å². The molecule has 0 bridgehead atoms. The second-order valence-corrected chi connectivity index (χ2v) is 8.62. The van der Waals surface area contributed by atoms with Crippen molar-refractivity contribution in [1.82, 2.24) is 15.1 Å². The van der Waals surface area contributed by atoms with Crippen LogP contribution in [0.25, 0.3) is 0 Å². The number of benzene rings is 1. The zero-order chi connectivity index (χ0) is 20.4. The molecule has 1 saturated carbocycles. The second-order valence-electron chi connectivity index (χ2n) is 8.62. The van der Waals surface area contributed by atoms with Crippen molar-refractivity contribution in [3.8, 4) is 0 Å². The number of carbonyl (C=O) groups is 2. The van der Waals surface area contributed by atoms with Gasteiger partial charge < -0.3 is 10.2 Å². The smallest absolute Gasteiger partial charge is 0.225 e. The van der Waals surface area contributed by atoms with Gasteiger partial charge in [-0.2, -0.15) is 0 Å². The monoisotopic (exact) mass is 405 g/mol. The molecule has 0 unspecified atom stereocenters. The highest BCUT2D eigenvalue weighted by Gasteiger charge is 2.37. The third-order valence-electron chi connectivity index (χ3n) is 6.51. The molecule has 2 heterocycles. The highest BCUT2D eigenvalue weighted by molar-refractivity contribution is 5.81. The van der Waals surface area contributed by atoms with Gasteiger partial charge in [0.05, 0.1) is 5.92 Å². The van der Waals surface area contributed by atoms with Crippen LogP contribution in [0.15, 0.2) is 18.2 Å². The van der Waals surface area contributed by atoms with Crippen LogP contribution in [0.5, 0.6) is 0 Å². The molecule has 0 spiro atoms. The normalized spacial score (nSPS) is 23.8. The van der Waals surface area contributed by atoms with Crippen LogP contribution in [0.4, 0.5) is 8.78 Å². The van der Waals surface area contributed by atoms with E-state index in [0.29, 0.717) is 24.1 Å². The lowest BCUT2D eigenvalue weighted by Crippen LogP contribution is -2.51. The fraction of sp³-hybridized carbons (Fsp3) is 0.636. The summed E-state index contributed by atoms with van der Waals surface area (Å²) in [5.74, 6) is -0.834. The van der Waals surface area contributed by atoms with Crippen molar-refractivity contribution in [1.29, 1.82) is 0 Å². The van der Waals surface area contributed by atoms with Crippen molar-refractivity contribution in [2.24, 2.45) is 11.8 Å². The number of hydrogen-bond donors (Lipinski definition) is 1. The standard InChI is InChI=1S/C22H29F2N3O2/c23-18-6-5-16(20(24)12-18)13-25-21(28)17-2-1-9-27(14-17)19-7-10-26(11-8-19)22(29)15-3-4-15/h5-6,12,15,17,19H,1-4,7-11,13-14H2,(H,25,28)/t17-/m0/s1. The molecule has 0 radical (unpaired) electrons. The van der Waals surface area contributed by atoms with Gasteiger partial charge in [-0.15, -0.1) is 0 Å². The molecule has 4 rings (SSSR count). The van der Waals surface area contributed by atoms with Crippen LogP contribution in [-0.2, 0) is 16.1 Å². The Morgan fingerprint density at radius 3 is 2.45 bits per heavy atom. The maximum atomic E-state index is 13.8. The number of carbonyl (C=O) groups excluding carboxylic acids is 2. The molecule has 1 aromatic carbocycles. The third kappa shape index (κ3) is 4.94. The van der Waals surface area contributed by atoms with Crippen LogP contribution in [-0.4, -0.2) is 53.8 Å². The van der Waals surface area contributed by atoms with Crippen molar-refractivity contribution in [3.63, 3.8) is 0 Å². The van der Waals surface area contributed by atoms with Crippen molar-refractivity contribution in [2.75, 3.05) is 26.2 Å². The molecule has 1 N–H and O–H groups in total. The number of hydrogen-bond acceptors (Lipinski definition) is 3. The van der Waals surface area contributed by atoms with E-state index >= 15 is 0 Å². The molecule has 1 atom stereocenters. The van der Waals surface area contributed by atoms with E-state index in [2.05, 4.69) is 10.2 Å². The number of halogens is 2. The molecule has 3 fully saturated rings. The number of piperidine rings is 2. The van der Waals surface area contributed by atoms with Crippen LogP contribution in [0.3, 0.4) is 0 Å². The molecule has 29 heavy (non-hydrogen) atoms. The Balaban J connectivity index is 1.25. The molecule has 7 heteroatoms. The predicted molar refractivity (Wildman–Crippen MR) is 105 cm³/mol. The lowest BCUT2D eigenvalue weighted by atomic mass is 9.93. The Morgan fingerprint density at radius 1 is 1.00 bits per heavy atom. The molecule has 2 saturated heterocycles. The zero-order valence-corrected chi connectivity index (χ0v) is 16.7. The van der Waals surface area contributed by atoms with Crippen LogP contribution < -0.4 is 5.32 Å². The number of nitrogens with one attached hydrogen (secondary N) is 1. The summed E-state index contributed by atoms with van der Waals surface area (Å²) in [7, 11) is 0. The summed E-state index contributed by atoms with van der Waals surface area (Å²) >= 11 is 0. The van der Waals surface area contributed by atoms with Gasteiger partial charge in [0.25, 0.3) is 0 Å². The molecule has 1 aromatic rings. The zero-order valence-electron chi connectivity index (χ0n) is 16.7. The van der Waals surface area contributed by atoms with Crippen molar-refractivity contribution in [3.05, 3.63) is 35.4 Å². The van der Waals surface area contributed by atoms with E-state index in [1.807, 2.05) is 4.90 Å². The van der Waals surface area contributed by atoms with Crippen LogP contribution in [0.1, 0.15) is 44.1 Å². The van der Waals surface area contributed by atoms with Crippen LogP contribution in [0, 0.1) is 23.5 Å². The fourth-order valence-corrected chi connectivity index (χ4v) is 4.58. The molecule has 1 aliphatic carbocycles. The Hall–Kier alpha value is -2.02. The SMILES string of the molecule is O=C(NCc1ccc(F)cc1F)[C@H]1CCCN(C2CCN(C(=O)C3CC3)CC2)C1. The average Bonchev–Trinajstić information content (AvgIpc) is 3.58. The van der Waals surface area contributed by atoms with Crippen molar-refractivity contribution < 1.29 is 18.4 Å². The summed E-state index contributed by atoms with van der Waals surface area (Å²) in [6.07, 6.45) is 5.81. The Morgan fingerprint density at radius 2 is 1.76 bits per heavy atom. The van der Waals surface area contributed by atoms with Gasteiger partial charge in [-0.25, -0.2) is 8.78 Å². The summed E-state index contributed by atoms with van der Waals surface area (Å²) in [5, 5.41) is 2.81. The molecule has 3 aliphatic rings. The van der Waals surface area contributed by atoms with Crippen LogP contribution in [0.2, 0.25) is 0 Å². The number of nitrogens with zero attached hydrogens (tertiary/aromatic N) is 2. The summed E-state index contributed by atoms with van der Waals surface area (Å²) in [4.78, 5) is 29.2. The minimum Gasteiger partial charge on any atom is -0.352 e. The topological polar surface area (TPSA) is 52.7 Å². The first-order chi connectivity index (χ1) is 14.0. The highest BCUT2D eigenvalue weighted by Crippen LogP contribution is 2.32. The van der Waals surface area contributed by atoms with E-state index in [4.69, 9.17) is 0 Å². The van der Waals surface area contributed by atoms with E-state index in [0.717, 1.165) is 64.2 Å². The Kier molecular flexibility index (Phi) is 6.13. The van der Waals surface area contributed by atoms with Gasteiger partial charge in [-0.1, -0.05) is 6.07 Å². The molecule has 0 aromatic heterocycles. The van der Waals surface area contributed by atoms with Gasteiger partial charge in [-0.3, -0.25) is 14.5 Å². The van der Waals surface area contributed by atoms with Gasteiger partial charge in [0.2, 0.25) is 11.8 Å². The fourth-order valence-electron chi connectivity index (χ4n) is 4.58. The van der Waals surface area contributed by atoms with E-state index in [1.165, 1.54) is 12.1 Å². The first-order valence-electron chi connectivity index (χ1n) is 10.8. The van der Waals surface area contributed by atoms with E-state index < -0.39 is 11.6 Å². The third-order valence-corrected chi connectivity index (χ3v) is 6.51. The lowest BCUT2D eigenvalue weighted by molar-refractivity contribution is -0.134. The minimum absolute atomic E-state index is 0.0697. The van der Waals surface area contributed by atoms with E-state index in [1.54, 1.807) is 0 Å². The highest BCUT2D eigenvalue weighted by atomic mass is 19.1. The molecule has 2 aliphatic heterocycles. The Bertz CT molecular complexity index is 760. The molecule has 5 nitrogen and oxygen atoms in total. The maximum absolute atomic E-state index is 13.8. The maximum Gasteiger partial charge on any atom is 0.225 e. The minimum atomic E-state index is -0.636. The van der Waals surface area contributed by atoms with Gasteiger partial charge in [0, 0.05) is 49.8 Å². The molecule has 158 valence electrons. The average molecular weight is 405 g/mol. The molecular formula is C22H29F2N3O2. The van der Waals surface area contributed by atoms with Crippen molar-refractivity contribution in [2.45, 2.75) is 51.1 Å². The molecular weight excluding hydrogens is 376 g/mol. The van der Waals surface area contributed by atoms with Gasteiger partial charge >= 0.3 is 0 Å². The second kappa shape index (κ2) is 8.78. The van der Waals surface area contributed by atoms with Crippen LogP contribution >= 0.6 is 0 Å². The summed E-state index contributed by atoms with van der Waals surface area (Å²) in [6.45, 7) is 3.40. The molecule has 2 amide bonds. The number of rotatable bonds is 5. The predicted octanol–water partition coefficient (Wildman–Crippen LogP) is 2.69. The quantitative estimate of drug-likeness (QED) is 0.820. The summed E-state index contributed by atoms with van der Waals surface area (Å²) in [5.41, 5.74) is 0.292. The van der Waals surface area contributed by atoms with Crippen molar-refractivity contribution >= 4 is 11.8 Å². The summed E-state index contributed by atoms with van der Waals surface area (Å²) in [6, 6.07) is 3.83. The van der Waals surface area contributed by atoms with Gasteiger partial charge in [0.1, 0.15) is 11.6 Å². The number of likely N-dealkylation sites (tertiary alicyclic amines) is 2. The largest absolute Gasteiger partial charge is 0.352 e. The first-order valence-corrected chi connectivity index (χ1v) is 10.8. The first kappa shape index (κ1) is 20.3. The van der Waals surface area contributed by atoms with Gasteiger partial charge in [0.15, 0.2) is 0 Å². The lowest BCUT2D eigenvalue weighted by Gasteiger charge is -2.42. The Labute approximate surface area is 170 Å². The van der Waals surface area contributed by atoms with E-state index in [-0.39, 0.29) is 24.3 Å². The van der Waals surface area contributed by atoms with Gasteiger partial charge in [-0.05, 0) is 51.1 Å².